The van der Waals surface area contributed by atoms with E-state index in [2.05, 4.69) is 27.5 Å². The lowest BCUT2D eigenvalue weighted by Gasteiger charge is -2.20. The number of carbonyl (C=O) groups excluding carboxylic acids is 1. The van der Waals surface area contributed by atoms with Gasteiger partial charge < -0.3 is 4.57 Å². The Morgan fingerprint density at radius 1 is 1.11 bits per heavy atom. The molecule has 0 fully saturated rings. The first kappa shape index (κ1) is 25.2. The largest absolute Gasteiger partial charge is 0.312 e. The molecule has 0 aliphatic heterocycles. The van der Waals surface area contributed by atoms with Crippen LogP contribution in [0.1, 0.15) is 22.8 Å². The third-order valence-electron chi connectivity index (χ3n) is 5.45. The van der Waals surface area contributed by atoms with Gasteiger partial charge in [0.25, 0.3) is 5.91 Å². The molecule has 1 heterocycles. The molecule has 0 saturated carbocycles. The topological polar surface area (TPSA) is 71.7 Å². The summed E-state index contributed by atoms with van der Waals surface area (Å²) >= 11 is 4.89. The zero-order chi connectivity index (χ0) is 25.0. The minimum Gasteiger partial charge on any atom is -0.312 e. The zero-order valence-corrected chi connectivity index (χ0v) is 22.3. The van der Waals surface area contributed by atoms with E-state index in [1.54, 1.807) is 13.0 Å². The van der Waals surface area contributed by atoms with E-state index in [0.29, 0.717) is 23.5 Å². The molecule has 0 N–H and O–H groups in total. The first-order valence-corrected chi connectivity index (χ1v) is 14.0. The summed E-state index contributed by atoms with van der Waals surface area (Å²) in [6, 6.07) is 21.3. The van der Waals surface area contributed by atoms with Gasteiger partial charge in [-0.3, -0.25) is 4.79 Å². The first-order valence-electron chi connectivity index (χ1n) is 11.0. The van der Waals surface area contributed by atoms with E-state index in [9.17, 15) is 13.2 Å². The monoisotopic (exact) mass is 569 g/mol. The second-order valence-corrected chi connectivity index (χ2v) is 11.6. The number of carbonyl (C=O) groups is 1. The van der Waals surface area contributed by atoms with Crippen molar-refractivity contribution in [3.8, 4) is 0 Å². The quantitative estimate of drug-likeness (QED) is 0.259. The van der Waals surface area contributed by atoms with Gasteiger partial charge >= 0.3 is 0 Å². The van der Waals surface area contributed by atoms with E-state index < -0.39 is 15.9 Å². The van der Waals surface area contributed by atoms with E-state index in [1.165, 1.54) is 39.9 Å². The maximum Gasteiger partial charge on any atom is 0.279 e. The summed E-state index contributed by atoms with van der Waals surface area (Å²) < 4.78 is 31.7. The molecular formula is C26H24BrN3O3S2. The van der Waals surface area contributed by atoms with Crippen LogP contribution in [0.15, 0.2) is 99.8 Å². The number of halogens is 1. The van der Waals surface area contributed by atoms with Gasteiger partial charge in [-0.05, 0) is 48.0 Å². The molecule has 0 aliphatic carbocycles. The normalized spacial score (nSPS) is 12.4. The molecule has 0 radical (unpaired) electrons. The zero-order valence-electron chi connectivity index (χ0n) is 19.1. The van der Waals surface area contributed by atoms with E-state index in [0.717, 1.165) is 20.3 Å². The number of hydrogen-bond acceptors (Lipinski definition) is 4. The number of allylic oxidation sites excluding steroid dienone is 1. The minimum absolute atomic E-state index is 0.139. The summed E-state index contributed by atoms with van der Waals surface area (Å²) in [5.41, 5.74) is 2.19. The number of thiazole rings is 1. The van der Waals surface area contributed by atoms with Gasteiger partial charge in [0.1, 0.15) is 0 Å². The first-order chi connectivity index (χ1) is 16.8. The van der Waals surface area contributed by atoms with Crippen molar-refractivity contribution in [2.45, 2.75) is 24.9 Å². The van der Waals surface area contributed by atoms with Gasteiger partial charge in [-0.2, -0.15) is 9.30 Å². The number of nitrogens with zero attached hydrogens (tertiary/aromatic N) is 3. The SMILES string of the molecule is C=CCn1c(=NC(=O)c2ccc(S(=O)(=O)N(CC)Cc3ccccc3)cc2)sc2cc(Br)ccc21. The number of benzene rings is 3. The Morgan fingerprint density at radius 3 is 2.49 bits per heavy atom. The Kier molecular flexibility index (Phi) is 7.81. The average Bonchev–Trinajstić information content (AvgIpc) is 3.19. The Labute approximate surface area is 217 Å². The third-order valence-corrected chi connectivity index (χ3v) is 8.92. The number of amides is 1. The van der Waals surface area contributed by atoms with E-state index in [4.69, 9.17) is 0 Å². The van der Waals surface area contributed by atoms with Crippen LogP contribution in [0.25, 0.3) is 10.2 Å². The summed E-state index contributed by atoms with van der Waals surface area (Å²) in [5, 5.41) is 0. The summed E-state index contributed by atoms with van der Waals surface area (Å²) in [7, 11) is -3.71. The highest BCUT2D eigenvalue weighted by Gasteiger charge is 2.23. The lowest BCUT2D eigenvalue weighted by molar-refractivity contribution is 0.0997. The van der Waals surface area contributed by atoms with Gasteiger partial charge in [0.05, 0.1) is 15.1 Å². The van der Waals surface area contributed by atoms with E-state index in [-0.39, 0.29) is 11.4 Å². The predicted molar refractivity (Wildman–Crippen MR) is 144 cm³/mol. The van der Waals surface area contributed by atoms with Crippen LogP contribution in [-0.2, 0) is 23.1 Å². The molecule has 0 unspecified atom stereocenters. The van der Waals surface area contributed by atoms with Crippen molar-refractivity contribution in [3.05, 3.63) is 106 Å². The fourth-order valence-corrected chi connectivity index (χ4v) is 6.69. The molecular weight excluding hydrogens is 546 g/mol. The van der Waals surface area contributed by atoms with Gasteiger partial charge in [-0.25, -0.2) is 8.42 Å². The number of aromatic nitrogens is 1. The van der Waals surface area contributed by atoms with Crippen LogP contribution in [0, 0.1) is 0 Å². The molecule has 3 aromatic carbocycles. The molecule has 4 aromatic rings. The van der Waals surface area contributed by atoms with Crippen LogP contribution in [0.3, 0.4) is 0 Å². The number of hydrogen-bond donors (Lipinski definition) is 0. The van der Waals surface area contributed by atoms with E-state index >= 15 is 0 Å². The molecule has 1 amide bonds. The number of sulfonamides is 1. The van der Waals surface area contributed by atoms with Gasteiger partial charge in [0.2, 0.25) is 10.0 Å². The highest BCUT2D eigenvalue weighted by Crippen LogP contribution is 2.23. The Hall–Kier alpha value is -2.85. The molecule has 4 rings (SSSR count). The Morgan fingerprint density at radius 2 is 1.83 bits per heavy atom. The molecule has 180 valence electrons. The average molecular weight is 571 g/mol. The highest BCUT2D eigenvalue weighted by atomic mass is 79.9. The second-order valence-electron chi connectivity index (χ2n) is 7.75. The summed E-state index contributed by atoms with van der Waals surface area (Å²) in [6.07, 6.45) is 1.76. The van der Waals surface area contributed by atoms with Crippen molar-refractivity contribution >= 4 is 53.4 Å². The fraction of sp³-hybridized carbons (Fsp3) is 0.154. The molecule has 6 nitrogen and oxygen atoms in total. The molecule has 0 saturated heterocycles. The molecule has 0 atom stereocenters. The van der Waals surface area contributed by atoms with Crippen LogP contribution in [0.4, 0.5) is 0 Å². The fourth-order valence-electron chi connectivity index (χ4n) is 3.66. The number of rotatable bonds is 8. The van der Waals surface area contributed by atoms with Gasteiger partial charge in [0.15, 0.2) is 4.80 Å². The van der Waals surface area contributed by atoms with Gasteiger partial charge in [-0.1, -0.05) is 70.6 Å². The van der Waals surface area contributed by atoms with E-state index in [1.807, 2.05) is 53.1 Å². The van der Waals surface area contributed by atoms with Crippen molar-refractivity contribution < 1.29 is 13.2 Å². The Bertz CT molecular complexity index is 1540. The maximum atomic E-state index is 13.2. The van der Waals surface area contributed by atoms with Crippen LogP contribution in [-0.4, -0.2) is 29.7 Å². The molecule has 1 aromatic heterocycles. The standard InChI is InChI=1S/C26H24BrN3O3S2/c1-3-16-30-23-15-12-21(27)17-24(23)34-26(30)28-25(31)20-10-13-22(14-11-20)35(32,33)29(4-2)18-19-8-6-5-7-9-19/h3,5-15,17H,1,4,16,18H2,2H3. The van der Waals surface area contributed by atoms with Gasteiger partial charge in [-0.15, -0.1) is 6.58 Å². The highest BCUT2D eigenvalue weighted by molar-refractivity contribution is 9.10. The second kappa shape index (κ2) is 10.8. The van der Waals surface area contributed by atoms with Crippen molar-refractivity contribution in [2.75, 3.05) is 6.54 Å². The van der Waals surface area contributed by atoms with Crippen molar-refractivity contribution in [1.29, 1.82) is 0 Å². The van der Waals surface area contributed by atoms with Gasteiger partial charge in [0, 0.05) is 29.7 Å². The smallest absolute Gasteiger partial charge is 0.279 e. The van der Waals surface area contributed by atoms with Crippen molar-refractivity contribution in [3.63, 3.8) is 0 Å². The third kappa shape index (κ3) is 5.54. The predicted octanol–water partition coefficient (Wildman–Crippen LogP) is 5.60. The molecule has 0 bridgehead atoms. The molecule has 35 heavy (non-hydrogen) atoms. The lowest BCUT2D eigenvalue weighted by atomic mass is 10.2. The van der Waals surface area contributed by atoms with Crippen LogP contribution in [0.2, 0.25) is 0 Å². The van der Waals surface area contributed by atoms with Crippen LogP contribution < -0.4 is 4.80 Å². The molecule has 0 aliphatic rings. The van der Waals surface area contributed by atoms with Crippen molar-refractivity contribution in [2.24, 2.45) is 4.99 Å². The molecule has 0 spiro atoms. The van der Waals surface area contributed by atoms with Crippen molar-refractivity contribution in [1.82, 2.24) is 8.87 Å². The minimum atomic E-state index is -3.71. The lowest BCUT2D eigenvalue weighted by Crippen LogP contribution is -2.30. The molecule has 9 heteroatoms. The summed E-state index contributed by atoms with van der Waals surface area (Å²) in [6.45, 7) is 6.73. The van der Waals surface area contributed by atoms with Crippen LogP contribution in [0.5, 0.6) is 0 Å². The maximum absolute atomic E-state index is 13.2. The summed E-state index contributed by atoms with van der Waals surface area (Å²) in [4.78, 5) is 18.0. The summed E-state index contributed by atoms with van der Waals surface area (Å²) in [5.74, 6) is -0.436. The van der Waals surface area contributed by atoms with Crippen LogP contribution >= 0.6 is 27.3 Å². The Balaban J connectivity index is 1.62. The number of fused-ring (bicyclic) bond motifs is 1.